The normalized spacial score (nSPS) is 23.2. The van der Waals surface area contributed by atoms with E-state index < -0.39 is 11.5 Å². The monoisotopic (exact) mass is 423 g/mol. The molecular weight excluding hydrogens is 394 g/mol. The Hall–Kier alpha value is -3.40. The summed E-state index contributed by atoms with van der Waals surface area (Å²) < 4.78 is 0. The van der Waals surface area contributed by atoms with Gasteiger partial charge in [-0.2, -0.15) is 0 Å². The molecule has 2 N–H and O–H groups in total. The number of benzene rings is 3. The quantitative estimate of drug-likeness (QED) is 0.617. The van der Waals surface area contributed by atoms with Crippen molar-refractivity contribution in [2.75, 3.05) is 7.05 Å². The Morgan fingerprint density at radius 1 is 0.938 bits per heavy atom. The van der Waals surface area contributed by atoms with Gasteiger partial charge in [0.1, 0.15) is 5.54 Å². The summed E-state index contributed by atoms with van der Waals surface area (Å²) in [6.07, 6.45) is 2.52. The molecule has 0 aromatic heterocycles. The second kappa shape index (κ2) is 7.63. The van der Waals surface area contributed by atoms with Gasteiger partial charge in [0.15, 0.2) is 5.96 Å². The molecule has 1 amide bonds. The Balaban J connectivity index is 1.62. The van der Waals surface area contributed by atoms with Crippen molar-refractivity contribution in [3.63, 3.8) is 0 Å². The summed E-state index contributed by atoms with van der Waals surface area (Å²) in [4.78, 5) is 19.9. The van der Waals surface area contributed by atoms with E-state index in [-0.39, 0.29) is 11.9 Å². The third-order valence-corrected chi connectivity index (χ3v) is 6.95. The maximum absolute atomic E-state index is 13.5. The van der Waals surface area contributed by atoms with Crippen LogP contribution >= 0.6 is 0 Å². The van der Waals surface area contributed by atoms with E-state index in [2.05, 4.69) is 73.7 Å². The van der Waals surface area contributed by atoms with Crippen LogP contribution in [0.4, 0.5) is 0 Å². The number of aliphatic imine (C=N–C) groups is 1. The number of likely N-dealkylation sites (N-methyl/N-ethyl adjacent to an activating group) is 1. The van der Waals surface area contributed by atoms with Gasteiger partial charge < -0.3 is 5.73 Å². The molecule has 162 valence electrons. The van der Waals surface area contributed by atoms with Gasteiger partial charge in [-0.3, -0.25) is 9.69 Å². The summed E-state index contributed by atoms with van der Waals surface area (Å²) in [5.74, 6) is 0.463. The number of hydrogen-bond acceptors (Lipinski definition) is 3. The van der Waals surface area contributed by atoms with Crippen LogP contribution < -0.4 is 5.73 Å². The van der Waals surface area contributed by atoms with Crippen LogP contribution in [0.1, 0.15) is 53.9 Å². The second-order valence-electron chi connectivity index (χ2n) is 9.34. The number of guanidine groups is 1. The van der Waals surface area contributed by atoms with E-state index in [1.165, 1.54) is 28.9 Å². The highest BCUT2D eigenvalue weighted by molar-refractivity contribution is 6.02. The summed E-state index contributed by atoms with van der Waals surface area (Å²) in [7, 11) is 1.70. The zero-order valence-electron chi connectivity index (χ0n) is 18.9. The van der Waals surface area contributed by atoms with E-state index in [4.69, 9.17) is 10.7 Å². The minimum absolute atomic E-state index is 0.0277. The van der Waals surface area contributed by atoms with Gasteiger partial charge in [-0.25, -0.2) is 4.99 Å². The van der Waals surface area contributed by atoms with Gasteiger partial charge in [0, 0.05) is 7.05 Å². The van der Waals surface area contributed by atoms with Gasteiger partial charge in [0.2, 0.25) is 5.91 Å². The molecule has 0 radical (unpaired) electrons. The molecule has 0 spiro atoms. The number of hydrogen-bond donors (Lipinski definition) is 1. The molecule has 1 heterocycles. The lowest BCUT2D eigenvalue weighted by Crippen LogP contribution is -2.52. The molecule has 4 nitrogen and oxygen atoms in total. The predicted octanol–water partition coefficient (Wildman–Crippen LogP) is 5.33. The lowest BCUT2D eigenvalue weighted by Gasteiger charge is -2.41. The van der Waals surface area contributed by atoms with Crippen LogP contribution in [-0.2, 0) is 10.3 Å². The number of carbonyl (C=O) groups is 1. The Bertz CT molecular complexity index is 1210. The molecule has 32 heavy (non-hydrogen) atoms. The molecule has 2 atom stereocenters. The highest BCUT2D eigenvalue weighted by Gasteiger charge is 2.47. The highest BCUT2D eigenvalue weighted by Crippen LogP contribution is 2.46. The van der Waals surface area contributed by atoms with Crippen LogP contribution in [0.5, 0.6) is 0 Å². The third-order valence-electron chi connectivity index (χ3n) is 6.95. The Morgan fingerprint density at radius 2 is 1.56 bits per heavy atom. The van der Waals surface area contributed by atoms with Crippen LogP contribution in [-0.4, -0.2) is 23.8 Å². The molecule has 3 aromatic carbocycles. The van der Waals surface area contributed by atoms with Crippen molar-refractivity contribution in [1.29, 1.82) is 0 Å². The van der Waals surface area contributed by atoms with E-state index in [1.807, 2.05) is 13.0 Å². The lowest BCUT2D eigenvalue weighted by molar-refractivity contribution is -0.130. The highest BCUT2D eigenvalue weighted by atomic mass is 16.2. The van der Waals surface area contributed by atoms with Gasteiger partial charge in [0.25, 0.3) is 0 Å². The van der Waals surface area contributed by atoms with E-state index in [0.717, 1.165) is 22.3 Å². The summed E-state index contributed by atoms with van der Waals surface area (Å²) in [6.45, 7) is 4.12. The van der Waals surface area contributed by atoms with Crippen LogP contribution in [0.15, 0.2) is 77.8 Å². The smallest absolute Gasteiger partial charge is 0.239 e. The van der Waals surface area contributed by atoms with Crippen molar-refractivity contribution in [3.05, 3.63) is 95.1 Å². The third kappa shape index (κ3) is 3.50. The van der Waals surface area contributed by atoms with Crippen molar-refractivity contribution in [1.82, 2.24) is 4.90 Å². The minimum Gasteiger partial charge on any atom is -0.369 e. The van der Waals surface area contributed by atoms with Crippen molar-refractivity contribution >= 4 is 11.9 Å². The molecule has 1 saturated carbocycles. The summed E-state index contributed by atoms with van der Waals surface area (Å²) >= 11 is 0. The Labute approximate surface area is 189 Å². The lowest BCUT2D eigenvalue weighted by atomic mass is 9.74. The van der Waals surface area contributed by atoms with Gasteiger partial charge in [-0.1, -0.05) is 72.3 Å². The molecule has 4 heteroatoms. The first-order valence-corrected chi connectivity index (χ1v) is 11.3. The number of amides is 1. The zero-order chi connectivity index (χ0) is 22.5. The molecule has 0 saturated heterocycles. The fourth-order valence-electron chi connectivity index (χ4n) is 4.84. The van der Waals surface area contributed by atoms with E-state index in [0.29, 0.717) is 5.92 Å². The predicted molar refractivity (Wildman–Crippen MR) is 130 cm³/mol. The Morgan fingerprint density at radius 3 is 2.22 bits per heavy atom. The molecular formula is C28H29N3O. The van der Waals surface area contributed by atoms with Crippen LogP contribution in [0.2, 0.25) is 0 Å². The van der Waals surface area contributed by atoms with E-state index in [9.17, 15) is 4.79 Å². The van der Waals surface area contributed by atoms with Crippen LogP contribution in [0, 0.1) is 6.92 Å². The minimum atomic E-state index is -0.797. The second-order valence-corrected chi connectivity index (χ2v) is 9.34. The molecule has 0 bridgehead atoms. The largest absolute Gasteiger partial charge is 0.369 e. The summed E-state index contributed by atoms with van der Waals surface area (Å²) in [5.41, 5.74) is 12.2. The van der Waals surface area contributed by atoms with E-state index in [1.54, 1.807) is 7.05 Å². The molecule has 1 aliphatic carbocycles. The number of aryl methyl sites for hydroxylation is 1. The average molecular weight is 424 g/mol. The fourth-order valence-corrected chi connectivity index (χ4v) is 4.84. The van der Waals surface area contributed by atoms with Gasteiger partial charge >= 0.3 is 0 Å². The van der Waals surface area contributed by atoms with Gasteiger partial charge in [-0.15, -0.1) is 0 Å². The van der Waals surface area contributed by atoms with E-state index >= 15 is 0 Å². The molecule has 2 aliphatic rings. The standard InChI is InChI=1S/C28H29N3O/c1-18-6-4-7-22(16-18)23-8-5-9-24(17-23)28(2)25(26(32)31(3)27(29)30-28)21-14-12-20(13-15-21)19-10-11-19/h4-9,12-17,19,25H,10-11H2,1-3H3,(H2,29,30)/t25-,28+/m0/s1. The van der Waals surface area contributed by atoms with Crippen LogP contribution in [0.25, 0.3) is 11.1 Å². The number of rotatable bonds is 4. The Kier molecular flexibility index (Phi) is 4.89. The topological polar surface area (TPSA) is 58.7 Å². The zero-order valence-corrected chi connectivity index (χ0v) is 18.9. The molecule has 0 unspecified atom stereocenters. The van der Waals surface area contributed by atoms with Gasteiger partial charge in [0.05, 0.1) is 5.92 Å². The van der Waals surface area contributed by atoms with Crippen molar-refractivity contribution in [3.8, 4) is 11.1 Å². The van der Waals surface area contributed by atoms with Crippen molar-refractivity contribution in [2.45, 2.75) is 44.1 Å². The van der Waals surface area contributed by atoms with Gasteiger partial charge in [-0.05, 0) is 66.5 Å². The maximum Gasteiger partial charge on any atom is 0.239 e. The summed E-state index contributed by atoms with van der Waals surface area (Å²) in [6, 6.07) is 25.3. The molecule has 1 aliphatic heterocycles. The summed E-state index contributed by atoms with van der Waals surface area (Å²) in [5, 5.41) is 0. The van der Waals surface area contributed by atoms with Crippen molar-refractivity contribution in [2.24, 2.45) is 10.7 Å². The maximum atomic E-state index is 13.5. The molecule has 5 rings (SSSR count). The first kappa shape index (κ1) is 20.5. The number of carbonyl (C=O) groups excluding carboxylic acids is 1. The molecule has 3 aromatic rings. The fraction of sp³-hybridized carbons (Fsp3) is 0.286. The number of nitrogens with zero attached hydrogens (tertiary/aromatic N) is 2. The van der Waals surface area contributed by atoms with Crippen LogP contribution in [0.3, 0.4) is 0 Å². The SMILES string of the molecule is Cc1cccc(-c2cccc([C@@]3(C)N=C(N)N(C)C(=O)[C@@H]3c3ccc(C4CC4)cc3)c2)c1. The first-order chi connectivity index (χ1) is 15.4. The van der Waals surface area contributed by atoms with Crippen molar-refractivity contribution < 1.29 is 4.79 Å². The average Bonchev–Trinajstić information content (AvgIpc) is 3.64. The number of nitrogens with two attached hydrogens (primary N) is 1. The first-order valence-electron chi connectivity index (χ1n) is 11.3. The molecule has 1 fully saturated rings.